The largest absolute Gasteiger partial charge is 0.0622 e. The molecule has 0 atom stereocenters. The Hall–Kier alpha value is -3.38. The van der Waals surface area contributed by atoms with Crippen molar-refractivity contribution >= 4 is 5.57 Å². The predicted octanol–water partition coefficient (Wildman–Crippen LogP) is 6.77. The van der Waals surface area contributed by atoms with Crippen molar-refractivity contribution in [2.45, 2.75) is 0 Å². The summed E-state index contributed by atoms with van der Waals surface area (Å²) in [6.45, 7) is 0. The zero-order valence-corrected chi connectivity index (χ0v) is 15.0. The summed E-state index contributed by atoms with van der Waals surface area (Å²) >= 11 is 0. The zero-order chi connectivity index (χ0) is 18.1. The topological polar surface area (TPSA) is 0 Å². The van der Waals surface area contributed by atoms with Gasteiger partial charge in [-0.05, 0) is 39.0 Å². The second kappa shape index (κ2) is 6.74. The minimum atomic E-state index is 1.23. The second-order valence-electron chi connectivity index (χ2n) is 6.79. The first kappa shape index (κ1) is 15.8. The van der Waals surface area contributed by atoms with Crippen LogP contribution in [0.25, 0.3) is 16.7 Å². The van der Waals surface area contributed by atoms with Crippen LogP contribution in [0.3, 0.4) is 0 Å². The zero-order valence-electron chi connectivity index (χ0n) is 15.0. The fourth-order valence-electron chi connectivity index (χ4n) is 3.92. The van der Waals surface area contributed by atoms with Gasteiger partial charge in [0.05, 0.1) is 5.92 Å². The van der Waals surface area contributed by atoms with Crippen LogP contribution >= 0.6 is 0 Å². The summed E-state index contributed by atoms with van der Waals surface area (Å²) in [5.74, 6) is 1.30. The van der Waals surface area contributed by atoms with Crippen molar-refractivity contribution in [1.82, 2.24) is 0 Å². The smallest absolute Gasteiger partial charge is 0.0576 e. The van der Waals surface area contributed by atoms with Gasteiger partial charge in [0.2, 0.25) is 0 Å². The fraction of sp³-hybridized carbons (Fsp3) is 0. The summed E-state index contributed by atoms with van der Waals surface area (Å²) < 4.78 is 0. The summed E-state index contributed by atoms with van der Waals surface area (Å²) in [5.41, 5.74) is 8.97. The maximum Gasteiger partial charge on any atom is 0.0576 e. The maximum absolute atomic E-state index is 2.36. The van der Waals surface area contributed by atoms with Crippen molar-refractivity contribution in [2.24, 2.45) is 0 Å². The lowest BCUT2D eigenvalue weighted by Crippen LogP contribution is -1.97. The maximum atomic E-state index is 2.36. The lowest BCUT2D eigenvalue weighted by atomic mass is 9.89. The van der Waals surface area contributed by atoms with Gasteiger partial charge < -0.3 is 0 Å². The molecule has 1 aliphatic carbocycles. The molecule has 0 fully saturated rings. The molecule has 0 saturated heterocycles. The van der Waals surface area contributed by atoms with Gasteiger partial charge in [-0.2, -0.15) is 0 Å². The minimum Gasteiger partial charge on any atom is -0.0622 e. The molecule has 0 aromatic heterocycles. The highest BCUT2D eigenvalue weighted by Crippen LogP contribution is 2.45. The van der Waals surface area contributed by atoms with Crippen LogP contribution in [-0.2, 0) is 0 Å². The van der Waals surface area contributed by atoms with Gasteiger partial charge >= 0.3 is 0 Å². The summed E-state index contributed by atoms with van der Waals surface area (Å²) in [6.07, 6.45) is 2.36. The molecule has 0 amide bonds. The molecule has 4 aromatic rings. The average Bonchev–Trinajstić information content (AvgIpc) is 3.07. The van der Waals surface area contributed by atoms with Crippen LogP contribution in [0, 0.1) is 5.92 Å². The predicted molar refractivity (Wildman–Crippen MR) is 113 cm³/mol. The molecule has 0 heterocycles. The van der Waals surface area contributed by atoms with Crippen LogP contribution in [0.4, 0.5) is 0 Å². The van der Waals surface area contributed by atoms with Gasteiger partial charge in [-0.1, -0.05) is 115 Å². The van der Waals surface area contributed by atoms with Gasteiger partial charge in [-0.15, -0.1) is 0 Å². The molecule has 1 radical (unpaired) electrons. The standard InChI is InChI=1S/C27H19/c1-3-11-20(12-4-1)26(21-13-5-2-6-14-21)19-27-24-17-9-7-15-22(24)23-16-8-10-18-25(23)27/h1-19H. The molecule has 0 unspecified atom stereocenters. The van der Waals surface area contributed by atoms with Crippen LogP contribution in [0.15, 0.2) is 115 Å². The van der Waals surface area contributed by atoms with Crippen LogP contribution < -0.4 is 0 Å². The van der Waals surface area contributed by atoms with E-state index in [1.807, 2.05) is 0 Å². The van der Waals surface area contributed by atoms with Crippen molar-refractivity contribution < 1.29 is 0 Å². The summed E-state index contributed by atoms with van der Waals surface area (Å²) in [6, 6.07) is 38.7. The van der Waals surface area contributed by atoms with Gasteiger partial charge in [0.25, 0.3) is 0 Å². The molecule has 127 valence electrons. The van der Waals surface area contributed by atoms with Gasteiger partial charge in [-0.3, -0.25) is 0 Å². The molecular formula is C27H19. The van der Waals surface area contributed by atoms with E-state index < -0.39 is 0 Å². The quantitative estimate of drug-likeness (QED) is 0.385. The Bertz CT molecular complexity index is 1020. The highest BCUT2D eigenvalue weighted by molar-refractivity contribution is 5.90. The summed E-state index contributed by atoms with van der Waals surface area (Å²) in [4.78, 5) is 0. The van der Waals surface area contributed by atoms with Gasteiger partial charge in [-0.25, -0.2) is 0 Å². The van der Waals surface area contributed by atoms with Gasteiger partial charge in [0, 0.05) is 0 Å². The average molecular weight is 343 g/mol. The van der Waals surface area contributed by atoms with Crippen molar-refractivity contribution in [3.63, 3.8) is 0 Å². The number of hydrogen-bond donors (Lipinski definition) is 0. The highest BCUT2D eigenvalue weighted by atomic mass is 14.3. The van der Waals surface area contributed by atoms with Crippen molar-refractivity contribution in [2.75, 3.05) is 0 Å². The Kier molecular flexibility index (Phi) is 3.95. The Morgan fingerprint density at radius 1 is 0.407 bits per heavy atom. The summed E-state index contributed by atoms with van der Waals surface area (Å²) in [5, 5.41) is 0. The molecule has 0 saturated carbocycles. The Morgan fingerprint density at radius 3 is 1.22 bits per heavy atom. The Labute approximate surface area is 160 Å². The lowest BCUT2D eigenvalue weighted by Gasteiger charge is -2.14. The third kappa shape index (κ3) is 2.80. The minimum absolute atomic E-state index is 1.23. The number of fused-ring (bicyclic) bond motifs is 3. The Morgan fingerprint density at radius 2 is 0.778 bits per heavy atom. The first-order chi connectivity index (χ1) is 13.4. The van der Waals surface area contributed by atoms with Gasteiger partial charge in [0.1, 0.15) is 0 Å². The second-order valence-corrected chi connectivity index (χ2v) is 6.79. The highest BCUT2D eigenvalue weighted by Gasteiger charge is 2.27. The van der Waals surface area contributed by atoms with Crippen molar-refractivity contribution in [3.05, 3.63) is 143 Å². The number of hydrogen-bond acceptors (Lipinski definition) is 0. The normalized spacial score (nSPS) is 12.3. The van der Waals surface area contributed by atoms with Gasteiger partial charge in [0.15, 0.2) is 0 Å². The molecule has 0 nitrogen and oxygen atoms in total. The molecule has 0 aliphatic heterocycles. The molecule has 4 aromatic carbocycles. The molecule has 0 N–H and O–H groups in total. The molecular weight excluding hydrogens is 324 g/mol. The number of allylic oxidation sites excluding steroid dienone is 1. The van der Waals surface area contributed by atoms with Crippen LogP contribution in [0.5, 0.6) is 0 Å². The monoisotopic (exact) mass is 343 g/mol. The van der Waals surface area contributed by atoms with E-state index in [0.29, 0.717) is 0 Å². The lowest BCUT2D eigenvalue weighted by molar-refractivity contribution is 1.35. The summed E-state index contributed by atoms with van der Waals surface area (Å²) in [7, 11) is 0. The molecule has 0 bridgehead atoms. The third-order valence-corrected chi connectivity index (χ3v) is 5.18. The van der Waals surface area contributed by atoms with Crippen LogP contribution in [-0.4, -0.2) is 0 Å². The van der Waals surface area contributed by atoms with E-state index in [0.717, 1.165) is 0 Å². The van der Waals surface area contributed by atoms with E-state index in [1.165, 1.54) is 44.9 Å². The molecule has 1 aliphatic rings. The van der Waals surface area contributed by atoms with Crippen molar-refractivity contribution in [1.29, 1.82) is 0 Å². The third-order valence-electron chi connectivity index (χ3n) is 5.18. The number of rotatable bonds is 3. The van der Waals surface area contributed by atoms with E-state index in [4.69, 9.17) is 0 Å². The van der Waals surface area contributed by atoms with E-state index in [1.54, 1.807) is 0 Å². The molecule has 5 rings (SSSR count). The Balaban J connectivity index is 1.73. The van der Waals surface area contributed by atoms with Crippen LogP contribution in [0.1, 0.15) is 22.3 Å². The SMILES string of the molecule is C([C]1c2ccccc2-c2ccccc21)=C(c1ccccc1)c1ccccc1. The van der Waals surface area contributed by atoms with Crippen LogP contribution in [0.2, 0.25) is 0 Å². The van der Waals surface area contributed by atoms with E-state index in [2.05, 4.69) is 115 Å². The number of benzene rings is 4. The first-order valence-electron chi connectivity index (χ1n) is 9.30. The fourth-order valence-corrected chi connectivity index (χ4v) is 3.92. The molecule has 0 heteroatoms. The molecule has 0 spiro atoms. The first-order valence-corrected chi connectivity index (χ1v) is 9.30. The van der Waals surface area contributed by atoms with E-state index in [9.17, 15) is 0 Å². The van der Waals surface area contributed by atoms with E-state index >= 15 is 0 Å². The van der Waals surface area contributed by atoms with Crippen molar-refractivity contribution in [3.8, 4) is 11.1 Å². The molecule has 27 heavy (non-hydrogen) atoms. The van der Waals surface area contributed by atoms with E-state index in [-0.39, 0.29) is 0 Å².